The molecule has 20 heavy (non-hydrogen) atoms. The van der Waals surface area contributed by atoms with Crippen molar-refractivity contribution in [2.24, 2.45) is 5.73 Å². The number of aromatic nitrogens is 3. The molecule has 2 rings (SSSR count). The summed E-state index contributed by atoms with van der Waals surface area (Å²) in [6.07, 6.45) is 3.28. The maximum absolute atomic E-state index is 12.1. The van der Waals surface area contributed by atoms with Crippen molar-refractivity contribution < 1.29 is 9.21 Å². The summed E-state index contributed by atoms with van der Waals surface area (Å²) in [5.41, 5.74) is 6.01. The molecule has 7 nitrogen and oxygen atoms in total. The van der Waals surface area contributed by atoms with E-state index in [-0.39, 0.29) is 12.5 Å². The van der Waals surface area contributed by atoms with Crippen LogP contribution in [0.4, 0.5) is 0 Å². The van der Waals surface area contributed by atoms with Gasteiger partial charge in [0.05, 0.1) is 24.5 Å². The van der Waals surface area contributed by atoms with Gasteiger partial charge < -0.3 is 15.1 Å². The molecule has 2 heterocycles. The van der Waals surface area contributed by atoms with Crippen molar-refractivity contribution in [3.8, 4) is 0 Å². The second-order valence-corrected chi connectivity index (χ2v) is 5.35. The van der Waals surface area contributed by atoms with E-state index in [0.29, 0.717) is 12.2 Å². The minimum absolute atomic E-state index is 0.0762. The minimum Gasteiger partial charge on any atom is -0.467 e. The molecule has 0 aliphatic heterocycles. The molecule has 2 aromatic heterocycles. The summed E-state index contributed by atoms with van der Waals surface area (Å²) < 4.78 is 6.70. The Morgan fingerprint density at radius 3 is 2.85 bits per heavy atom. The summed E-state index contributed by atoms with van der Waals surface area (Å²) in [6, 6.07) is 3.62. The van der Waals surface area contributed by atoms with E-state index < -0.39 is 5.54 Å². The number of furan rings is 1. The molecule has 0 spiro atoms. The summed E-state index contributed by atoms with van der Waals surface area (Å²) >= 11 is 0. The number of nitrogens with two attached hydrogens (primary N) is 1. The molecule has 0 aliphatic carbocycles. The first-order valence-electron chi connectivity index (χ1n) is 6.32. The Morgan fingerprint density at radius 1 is 1.55 bits per heavy atom. The first-order chi connectivity index (χ1) is 9.36. The summed E-state index contributed by atoms with van der Waals surface area (Å²) in [5.74, 6) is 0.663. The lowest BCUT2D eigenvalue weighted by molar-refractivity contribution is -0.131. The Morgan fingerprint density at radius 2 is 2.30 bits per heavy atom. The smallest absolute Gasteiger partial charge is 0.244 e. The number of amides is 1. The van der Waals surface area contributed by atoms with Gasteiger partial charge in [-0.05, 0) is 26.0 Å². The van der Waals surface area contributed by atoms with Crippen LogP contribution in [0.1, 0.15) is 25.3 Å². The third kappa shape index (κ3) is 3.45. The zero-order valence-electron chi connectivity index (χ0n) is 11.9. The van der Waals surface area contributed by atoms with Crippen molar-refractivity contribution >= 4 is 5.91 Å². The normalized spacial score (nSPS) is 11.6. The van der Waals surface area contributed by atoms with E-state index in [1.54, 1.807) is 30.5 Å². The first kappa shape index (κ1) is 14.3. The molecule has 0 saturated heterocycles. The topological polar surface area (TPSA) is 90.2 Å². The zero-order chi connectivity index (χ0) is 14.8. The summed E-state index contributed by atoms with van der Waals surface area (Å²) in [6.45, 7) is 4.23. The minimum atomic E-state index is -0.568. The van der Waals surface area contributed by atoms with Gasteiger partial charge in [0.1, 0.15) is 18.0 Å². The molecular formula is C13H19N5O2. The first-order valence-corrected chi connectivity index (χ1v) is 6.32. The molecule has 2 N–H and O–H groups in total. The van der Waals surface area contributed by atoms with Crippen LogP contribution in [0.2, 0.25) is 0 Å². The Kier molecular flexibility index (Phi) is 3.89. The summed E-state index contributed by atoms with van der Waals surface area (Å²) in [5, 5.41) is 7.89. The highest BCUT2D eigenvalue weighted by atomic mass is 16.3. The molecule has 0 radical (unpaired) electrons. The van der Waals surface area contributed by atoms with Gasteiger partial charge in [0.25, 0.3) is 0 Å². The molecule has 0 atom stereocenters. The molecule has 7 heteroatoms. The van der Waals surface area contributed by atoms with Gasteiger partial charge in [0.2, 0.25) is 5.91 Å². The Hall–Kier alpha value is -2.15. The second-order valence-electron chi connectivity index (χ2n) is 5.35. The van der Waals surface area contributed by atoms with Crippen LogP contribution in [-0.2, 0) is 23.4 Å². The van der Waals surface area contributed by atoms with Gasteiger partial charge >= 0.3 is 0 Å². The van der Waals surface area contributed by atoms with E-state index >= 15 is 0 Å². The van der Waals surface area contributed by atoms with E-state index in [2.05, 4.69) is 10.3 Å². The number of hydrogen-bond donors (Lipinski definition) is 1. The van der Waals surface area contributed by atoms with E-state index in [4.69, 9.17) is 10.2 Å². The molecule has 0 aromatic carbocycles. The number of likely N-dealkylation sites (N-methyl/N-ethyl adjacent to an activating group) is 1. The SMILES string of the molecule is CN(Cc1ccco1)C(=O)Cn1cc(C(C)(C)N)nn1. The molecule has 1 amide bonds. The van der Waals surface area contributed by atoms with Gasteiger partial charge in [-0.15, -0.1) is 5.10 Å². The number of nitrogens with zero attached hydrogens (tertiary/aromatic N) is 4. The van der Waals surface area contributed by atoms with E-state index in [1.807, 2.05) is 19.9 Å². The molecule has 0 fully saturated rings. The number of carbonyl (C=O) groups excluding carboxylic acids is 1. The third-order valence-corrected chi connectivity index (χ3v) is 2.89. The molecule has 2 aromatic rings. The highest BCUT2D eigenvalue weighted by Crippen LogP contribution is 2.12. The maximum Gasteiger partial charge on any atom is 0.244 e. The van der Waals surface area contributed by atoms with E-state index in [9.17, 15) is 4.79 Å². The average Bonchev–Trinajstić information content (AvgIpc) is 2.98. The lowest BCUT2D eigenvalue weighted by Gasteiger charge is -2.15. The quantitative estimate of drug-likeness (QED) is 0.869. The lowest BCUT2D eigenvalue weighted by atomic mass is 10.0. The molecule has 0 aliphatic rings. The molecule has 0 saturated carbocycles. The van der Waals surface area contributed by atoms with Crippen LogP contribution in [0, 0.1) is 0 Å². The number of rotatable bonds is 5. The third-order valence-electron chi connectivity index (χ3n) is 2.89. The molecule has 0 bridgehead atoms. The van der Waals surface area contributed by atoms with Crippen LogP contribution in [0.15, 0.2) is 29.0 Å². The van der Waals surface area contributed by atoms with Crippen molar-refractivity contribution in [2.75, 3.05) is 7.05 Å². The van der Waals surface area contributed by atoms with Crippen molar-refractivity contribution in [2.45, 2.75) is 32.5 Å². The van der Waals surface area contributed by atoms with Crippen LogP contribution >= 0.6 is 0 Å². The van der Waals surface area contributed by atoms with Crippen LogP contribution in [-0.4, -0.2) is 32.8 Å². The maximum atomic E-state index is 12.1. The standard InChI is InChI=1S/C13H19N5O2/c1-13(2,14)11-8-18(16-15-11)9-12(19)17(3)7-10-5-4-6-20-10/h4-6,8H,7,9,14H2,1-3H3. The molecule has 108 valence electrons. The number of hydrogen-bond acceptors (Lipinski definition) is 5. The average molecular weight is 277 g/mol. The summed E-state index contributed by atoms with van der Waals surface area (Å²) in [7, 11) is 1.72. The van der Waals surface area contributed by atoms with Crippen LogP contribution in [0.25, 0.3) is 0 Å². The van der Waals surface area contributed by atoms with Crippen LogP contribution < -0.4 is 5.73 Å². The van der Waals surface area contributed by atoms with Gasteiger partial charge in [-0.2, -0.15) is 0 Å². The van der Waals surface area contributed by atoms with Crippen LogP contribution in [0.3, 0.4) is 0 Å². The fourth-order valence-corrected chi connectivity index (χ4v) is 1.65. The van der Waals surface area contributed by atoms with Crippen molar-refractivity contribution in [3.05, 3.63) is 36.0 Å². The monoisotopic (exact) mass is 277 g/mol. The Bertz CT molecular complexity index is 568. The fraction of sp³-hybridized carbons (Fsp3) is 0.462. The molecule has 0 unspecified atom stereocenters. The Balaban J connectivity index is 1.95. The highest BCUT2D eigenvalue weighted by Gasteiger charge is 2.19. The second kappa shape index (κ2) is 5.46. The largest absolute Gasteiger partial charge is 0.467 e. The highest BCUT2D eigenvalue weighted by molar-refractivity contribution is 5.75. The fourth-order valence-electron chi connectivity index (χ4n) is 1.65. The zero-order valence-corrected chi connectivity index (χ0v) is 11.9. The van der Waals surface area contributed by atoms with E-state index in [1.165, 1.54) is 4.68 Å². The summed E-state index contributed by atoms with van der Waals surface area (Å²) in [4.78, 5) is 13.6. The van der Waals surface area contributed by atoms with Gasteiger partial charge in [-0.1, -0.05) is 5.21 Å². The van der Waals surface area contributed by atoms with Gasteiger partial charge in [0, 0.05) is 7.05 Å². The predicted molar refractivity (Wildman–Crippen MR) is 72.4 cm³/mol. The van der Waals surface area contributed by atoms with E-state index in [0.717, 1.165) is 5.76 Å². The van der Waals surface area contributed by atoms with Crippen molar-refractivity contribution in [1.82, 2.24) is 19.9 Å². The van der Waals surface area contributed by atoms with Crippen LogP contribution in [0.5, 0.6) is 0 Å². The molecular weight excluding hydrogens is 258 g/mol. The Labute approximate surface area is 117 Å². The van der Waals surface area contributed by atoms with Crippen molar-refractivity contribution in [3.63, 3.8) is 0 Å². The van der Waals surface area contributed by atoms with Crippen molar-refractivity contribution in [1.29, 1.82) is 0 Å². The van der Waals surface area contributed by atoms with Gasteiger partial charge in [0.15, 0.2) is 0 Å². The van der Waals surface area contributed by atoms with Gasteiger partial charge in [-0.3, -0.25) is 4.79 Å². The van der Waals surface area contributed by atoms with Gasteiger partial charge in [-0.25, -0.2) is 4.68 Å². The lowest BCUT2D eigenvalue weighted by Crippen LogP contribution is -2.30. The predicted octanol–water partition coefficient (Wildman–Crippen LogP) is 0.723. The number of carbonyl (C=O) groups is 1.